The number of nitrogens with one attached hydrogen (secondary N) is 4. The van der Waals surface area contributed by atoms with Crippen molar-refractivity contribution in [3.63, 3.8) is 0 Å². The van der Waals surface area contributed by atoms with Crippen LogP contribution in [0.5, 0.6) is 0 Å². The minimum atomic E-state index is 0.843. The van der Waals surface area contributed by atoms with Crippen LogP contribution in [0.25, 0.3) is 0 Å². The standard InChI is InChI=1S/2C5H11N.C4H10N2/c2*1-4-5(2)6-3;1-4(5-2)6-3/h2*6H,2,4H2,1,3H3;5-6H,1H2,2-3H3. The molecule has 4 N–H and O–H groups in total. The molecule has 0 aromatic heterocycles. The molecule has 0 aromatic rings. The molecule has 0 bridgehead atoms. The van der Waals surface area contributed by atoms with E-state index in [9.17, 15) is 0 Å². The molecular weight excluding hydrogens is 224 g/mol. The minimum Gasteiger partial charge on any atom is -0.392 e. The maximum absolute atomic E-state index is 3.68. The Kier molecular flexibility index (Phi) is 21.4. The van der Waals surface area contributed by atoms with E-state index in [1.807, 2.05) is 28.2 Å². The summed E-state index contributed by atoms with van der Waals surface area (Å²) in [5.74, 6) is 0.843. The molecule has 0 aliphatic rings. The van der Waals surface area contributed by atoms with Gasteiger partial charge in [-0.2, -0.15) is 0 Å². The van der Waals surface area contributed by atoms with Crippen molar-refractivity contribution in [3.8, 4) is 0 Å². The van der Waals surface area contributed by atoms with Crippen molar-refractivity contribution in [2.24, 2.45) is 0 Å². The first kappa shape index (κ1) is 21.7. The van der Waals surface area contributed by atoms with Crippen LogP contribution >= 0.6 is 0 Å². The van der Waals surface area contributed by atoms with E-state index in [0.717, 1.165) is 30.1 Å². The van der Waals surface area contributed by atoms with Gasteiger partial charge in [-0.3, -0.25) is 0 Å². The van der Waals surface area contributed by atoms with Crippen LogP contribution in [0.3, 0.4) is 0 Å². The highest BCUT2D eigenvalue weighted by Gasteiger charge is 1.75. The molecule has 108 valence electrons. The Morgan fingerprint density at radius 3 is 0.944 bits per heavy atom. The molecule has 0 amide bonds. The molecule has 0 saturated carbocycles. The number of hydrogen-bond acceptors (Lipinski definition) is 4. The molecule has 0 aliphatic carbocycles. The first-order valence-corrected chi connectivity index (χ1v) is 6.18. The molecule has 0 spiro atoms. The van der Waals surface area contributed by atoms with E-state index < -0.39 is 0 Å². The van der Waals surface area contributed by atoms with Crippen molar-refractivity contribution >= 4 is 0 Å². The number of allylic oxidation sites excluding steroid dienone is 2. The van der Waals surface area contributed by atoms with Crippen LogP contribution in [0, 0.1) is 0 Å². The molecule has 0 aliphatic heterocycles. The summed E-state index contributed by atoms with van der Waals surface area (Å²) in [6, 6.07) is 0. The van der Waals surface area contributed by atoms with Crippen molar-refractivity contribution in [3.05, 3.63) is 37.0 Å². The van der Waals surface area contributed by atoms with Crippen molar-refractivity contribution in [1.29, 1.82) is 0 Å². The Labute approximate surface area is 114 Å². The van der Waals surface area contributed by atoms with E-state index in [-0.39, 0.29) is 0 Å². The molecule has 18 heavy (non-hydrogen) atoms. The fourth-order valence-corrected chi connectivity index (χ4v) is 0.479. The SMILES string of the molecule is C=C(CC)NC.C=C(CC)NC.C=C(NC)NC. The molecular formula is C14H32N4. The fourth-order valence-electron chi connectivity index (χ4n) is 0.479. The second-order valence-electron chi connectivity index (χ2n) is 3.39. The highest BCUT2D eigenvalue weighted by molar-refractivity contribution is 4.86. The topological polar surface area (TPSA) is 48.1 Å². The van der Waals surface area contributed by atoms with Gasteiger partial charge >= 0.3 is 0 Å². The third-order valence-corrected chi connectivity index (χ3v) is 2.16. The first-order valence-electron chi connectivity index (χ1n) is 6.18. The smallest absolute Gasteiger partial charge is 0.0907 e. The van der Waals surface area contributed by atoms with E-state index >= 15 is 0 Å². The summed E-state index contributed by atoms with van der Waals surface area (Å²) >= 11 is 0. The van der Waals surface area contributed by atoms with Crippen LogP contribution in [0.1, 0.15) is 26.7 Å². The summed E-state index contributed by atoms with van der Waals surface area (Å²) in [6.45, 7) is 15.1. The molecule has 0 heterocycles. The fraction of sp³-hybridized carbons (Fsp3) is 0.571. The zero-order valence-corrected chi connectivity index (χ0v) is 13.0. The predicted molar refractivity (Wildman–Crippen MR) is 84.2 cm³/mol. The Hall–Kier alpha value is -1.58. The van der Waals surface area contributed by atoms with Gasteiger partial charge in [-0.1, -0.05) is 33.6 Å². The quantitative estimate of drug-likeness (QED) is 0.588. The van der Waals surface area contributed by atoms with Gasteiger partial charge in [-0.15, -0.1) is 0 Å². The lowest BCUT2D eigenvalue weighted by atomic mass is 10.4. The van der Waals surface area contributed by atoms with Gasteiger partial charge in [0.25, 0.3) is 0 Å². The second kappa shape index (κ2) is 17.8. The van der Waals surface area contributed by atoms with E-state index in [4.69, 9.17) is 0 Å². The van der Waals surface area contributed by atoms with Crippen LogP contribution in [0.2, 0.25) is 0 Å². The van der Waals surface area contributed by atoms with Crippen molar-refractivity contribution in [1.82, 2.24) is 21.3 Å². The van der Waals surface area contributed by atoms with Gasteiger partial charge in [0.15, 0.2) is 0 Å². The molecule has 4 heteroatoms. The number of hydrogen-bond donors (Lipinski definition) is 4. The Morgan fingerprint density at radius 1 is 0.667 bits per heavy atom. The lowest BCUT2D eigenvalue weighted by Crippen LogP contribution is -2.17. The molecule has 0 rings (SSSR count). The summed E-state index contributed by atoms with van der Waals surface area (Å²) < 4.78 is 0. The maximum atomic E-state index is 3.68. The Bertz CT molecular complexity index is 166. The zero-order chi connectivity index (χ0) is 15.0. The summed E-state index contributed by atoms with van der Waals surface area (Å²) in [6.07, 6.45) is 2.05. The summed E-state index contributed by atoms with van der Waals surface area (Å²) in [5.41, 5.74) is 2.19. The molecule has 0 saturated heterocycles. The molecule has 0 radical (unpaired) electrons. The molecule has 0 fully saturated rings. The second-order valence-corrected chi connectivity index (χ2v) is 3.39. The Balaban J connectivity index is -0.000000187. The van der Waals surface area contributed by atoms with Gasteiger partial charge in [0.05, 0.1) is 5.82 Å². The molecule has 0 unspecified atom stereocenters. The zero-order valence-electron chi connectivity index (χ0n) is 13.0. The lowest BCUT2D eigenvalue weighted by molar-refractivity contribution is 0.844. The molecule has 0 atom stereocenters. The largest absolute Gasteiger partial charge is 0.392 e. The average Bonchev–Trinajstić information content (AvgIpc) is 2.45. The van der Waals surface area contributed by atoms with Crippen LogP contribution < -0.4 is 21.3 Å². The van der Waals surface area contributed by atoms with Crippen molar-refractivity contribution < 1.29 is 0 Å². The van der Waals surface area contributed by atoms with Crippen molar-refractivity contribution in [2.75, 3.05) is 28.2 Å². The van der Waals surface area contributed by atoms with Crippen LogP contribution in [-0.2, 0) is 0 Å². The monoisotopic (exact) mass is 256 g/mol. The summed E-state index contributed by atoms with van der Waals surface area (Å²) in [7, 11) is 7.40. The van der Waals surface area contributed by atoms with Gasteiger partial charge in [0.2, 0.25) is 0 Å². The van der Waals surface area contributed by atoms with Gasteiger partial charge in [0, 0.05) is 39.6 Å². The van der Waals surface area contributed by atoms with Crippen molar-refractivity contribution in [2.45, 2.75) is 26.7 Å². The summed E-state index contributed by atoms with van der Waals surface area (Å²) in [4.78, 5) is 0. The first-order chi connectivity index (χ1) is 8.42. The van der Waals surface area contributed by atoms with E-state index in [1.54, 1.807) is 0 Å². The van der Waals surface area contributed by atoms with Crippen LogP contribution in [0.15, 0.2) is 37.0 Å². The number of rotatable bonds is 6. The van der Waals surface area contributed by atoms with E-state index in [0.29, 0.717) is 0 Å². The Morgan fingerprint density at radius 2 is 0.944 bits per heavy atom. The van der Waals surface area contributed by atoms with Gasteiger partial charge in [-0.05, 0) is 12.8 Å². The predicted octanol–water partition coefficient (Wildman–Crippen LogP) is 2.16. The third-order valence-electron chi connectivity index (χ3n) is 2.16. The lowest BCUT2D eigenvalue weighted by Gasteiger charge is -1.98. The maximum Gasteiger partial charge on any atom is 0.0907 e. The van der Waals surface area contributed by atoms with Crippen LogP contribution in [0.4, 0.5) is 0 Å². The highest BCUT2D eigenvalue weighted by Crippen LogP contribution is 1.85. The van der Waals surface area contributed by atoms with Gasteiger partial charge in [0.1, 0.15) is 0 Å². The minimum absolute atomic E-state index is 0.843. The van der Waals surface area contributed by atoms with E-state index in [2.05, 4.69) is 54.9 Å². The molecule has 0 aromatic carbocycles. The summed E-state index contributed by atoms with van der Waals surface area (Å²) in [5, 5.41) is 11.5. The third kappa shape index (κ3) is 23.9. The molecule has 4 nitrogen and oxygen atoms in total. The highest BCUT2D eigenvalue weighted by atomic mass is 15.0. The normalized spacial score (nSPS) is 7.44. The van der Waals surface area contributed by atoms with Crippen LogP contribution in [-0.4, -0.2) is 28.2 Å². The average molecular weight is 256 g/mol. The van der Waals surface area contributed by atoms with Gasteiger partial charge in [-0.25, -0.2) is 0 Å². The van der Waals surface area contributed by atoms with Gasteiger partial charge < -0.3 is 21.3 Å². The van der Waals surface area contributed by atoms with E-state index in [1.165, 1.54) is 0 Å².